The second-order valence-corrected chi connectivity index (χ2v) is 6.30. The van der Waals surface area contributed by atoms with E-state index in [1.54, 1.807) is 11.3 Å². The number of benzene rings is 1. The minimum Gasteiger partial charge on any atom is -0.481 e. The molecule has 1 heterocycles. The lowest BCUT2D eigenvalue weighted by Crippen LogP contribution is -2.34. The number of carboxylic acids is 1. The lowest BCUT2D eigenvalue weighted by atomic mass is 9.80. The maximum absolute atomic E-state index is 11.8. The minimum atomic E-state index is -0.718. The van der Waals surface area contributed by atoms with Crippen molar-refractivity contribution >= 4 is 17.3 Å². The highest BCUT2D eigenvalue weighted by Crippen LogP contribution is 2.40. The Morgan fingerprint density at radius 1 is 1.37 bits per heavy atom. The van der Waals surface area contributed by atoms with E-state index in [-0.39, 0.29) is 0 Å². The molecule has 0 aliphatic heterocycles. The van der Waals surface area contributed by atoms with E-state index < -0.39 is 11.4 Å². The summed E-state index contributed by atoms with van der Waals surface area (Å²) in [7, 11) is 0. The maximum atomic E-state index is 11.8. The van der Waals surface area contributed by atoms with Gasteiger partial charge in [0.1, 0.15) is 0 Å². The van der Waals surface area contributed by atoms with Gasteiger partial charge < -0.3 is 5.11 Å². The average molecular weight is 273 g/mol. The van der Waals surface area contributed by atoms with Crippen LogP contribution in [0.5, 0.6) is 0 Å². The van der Waals surface area contributed by atoms with Crippen molar-refractivity contribution < 1.29 is 9.90 Å². The fourth-order valence-electron chi connectivity index (χ4n) is 2.88. The zero-order valence-corrected chi connectivity index (χ0v) is 11.5. The fourth-order valence-corrected chi connectivity index (χ4v) is 3.49. The first-order valence-corrected chi connectivity index (χ1v) is 7.18. The van der Waals surface area contributed by atoms with Gasteiger partial charge in [-0.15, -0.1) is 11.3 Å². The zero-order chi connectivity index (χ0) is 13.5. The third kappa shape index (κ3) is 2.16. The van der Waals surface area contributed by atoms with Gasteiger partial charge in [0.15, 0.2) is 0 Å². The van der Waals surface area contributed by atoms with Gasteiger partial charge in [-0.1, -0.05) is 24.3 Å². The van der Waals surface area contributed by atoms with E-state index in [4.69, 9.17) is 0 Å². The number of hydrogen-bond acceptors (Lipinski definition) is 3. The Hall–Kier alpha value is -1.68. The molecule has 1 aliphatic rings. The van der Waals surface area contributed by atoms with Crippen LogP contribution in [-0.2, 0) is 24.1 Å². The molecule has 0 bridgehead atoms. The van der Waals surface area contributed by atoms with E-state index in [0.29, 0.717) is 19.3 Å². The summed E-state index contributed by atoms with van der Waals surface area (Å²) >= 11 is 1.58. The summed E-state index contributed by atoms with van der Waals surface area (Å²) in [5, 5.41) is 12.6. The van der Waals surface area contributed by atoms with Crippen LogP contribution in [0, 0.1) is 12.3 Å². The topological polar surface area (TPSA) is 50.2 Å². The van der Waals surface area contributed by atoms with Crippen molar-refractivity contribution in [2.75, 3.05) is 0 Å². The van der Waals surface area contributed by atoms with Gasteiger partial charge in [0.25, 0.3) is 0 Å². The highest BCUT2D eigenvalue weighted by molar-refractivity contribution is 7.09. The van der Waals surface area contributed by atoms with Gasteiger partial charge >= 0.3 is 5.97 Å². The Morgan fingerprint density at radius 3 is 2.47 bits per heavy atom. The van der Waals surface area contributed by atoms with Gasteiger partial charge in [-0.05, 0) is 30.9 Å². The molecule has 0 unspecified atom stereocenters. The SMILES string of the molecule is Cc1nc(CC2(C(=O)O)Cc3ccccc3C2)cs1. The second-order valence-electron chi connectivity index (χ2n) is 5.24. The van der Waals surface area contributed by atoms with Crippen LogP contribution in [0.4, 0.5) is 0 Å². The third-order valence-electron chi connectivity index (χ3n) is 3.82. The first-order chi connectivity index (χ1) is 9.09. The van der Waals surface area contributed by atoms with Crippen LogP contribution in [0.2, 0.25) is 0 Å². The Kier molecular flexibility index (Phi) is 2.90. The highest BCUT2D eigenvalue weighted by atomic mass is 32.1. The molecule has 98 valence electrons. The first kappa shape index (κ1) is 12.4. The number of rotatable bonds is 3. The molecule has 0 fully saturated rings. The summed E-state index contributed by atoms with van der Waals surface area (Å²) in [6.45, 7) is 1.95. The number of hydrogen-bond donors (Lipinski definition) is 1. The Bertz CT molecular complexity index is 608. The van der Waals surface area contributed by atoms with Crippen molar-refractivity contribution in [1.82, 2.24) is 4.98 Å². The van der Waals surface area contributed by atoms with Gasteiger partial charge in [0.2, 0.25) is 0 Å². The molecule has 0 radical (unpaired) electrons. The van der Waals surface area contributed by atoms with Crippen LogP contribution in [0.1, 0.15) is 21.8 Å². The first-order valence-electron chi connectivity index (χ1n) is 6.30. The van der Waals surface area contributed by atoms with E-state index in [9.17, 15) is 9.90 Å². The fraction of sp³-hybridized carbons (Fsp3) is 0.333. The van der Waals surface area contributed by atoms with Crippen molar-refractivity contribution in [2.45, 2.75) is 26.2 Å². The standard InChI is InChI=1S/C15H15NO2S/c1-10-16-13(9-19-10)8-15(14(17)18)6-11-4-2-3-5-12(11)7-15/h2-5,9H,6-8H2,1H3,(H,17,18). The number of aliphatic carboxylic acids is 1. The Morgan fingerprint density at radius 2 is 2.00 bits per heavy atom. The summed E-state index contributed by atoms with van der Waals surface area (Å²) in [6.07, 6.45) is 1.73. The van der Waals surface area contributed by atoms with E-state index in [0.717, 1.165) is 21.8 Å². The molecule has 1 aliphatic carbocycles. The number of carboxylic acid groups (broad SMARTS) is 1. The highest BCUT2D eigenvalue weighted by Gasteiger charge is 2.44. The minimum absolute atomic E-state index is 0.515. The van der Waals surface area contributed by atoms with Crippen LogP contribution in [-0.4, -0.2) is 16.1 Å². The van der Waals surface area contributed by atoms with E-state index in [1.165, 1.54) is 0 Å². The second kappa shape index (κ2) is 4.46. The predicted molar refractivity (Wildman–Crippen MR) is 74.5 cm³/mol. The van der Waals surface area contributed by atoms with Gasteiger partial charge in [-0.2, -0.15) is 0 Å². The van der Waals surface area contributed by atoms with Gasteiger partial charge in [-0.3, -0.25) is 4.79 Å². The van der Waals surface area contributed by atoms with Crippen molar-refractivity contribution in [2.24, 2.45) is 5.41 Å². The number of nitrogens with zero attached hydrogens (tertiary/aromatic N) is 1. The summed E-state index contributed by atoms with van der Waals surface area (Å²) in [5.41, 5.74) is 2.51. The third-order valence-corrected chi connectivity index (χ3v) is 4.64. The summed E-state index contributed by atoms with van der Waals surface area (Å²) in [4.78, 5) is 16.2. The molecule has 0 amide bonds. The smallest absolute Gasteiger partial charge is 0.310 e. The molecule has 19 heavy (non-hydrogen) atoms. The number of aryl methyl sites for hydroxylation is 1. The Labute approximate surface area is 115 Å². The molecule has 0 spiro atoms. The van der Waals surface area contributed by atoms with Gasteiger partial charge in [0, 0.05) is 11.8 Å². The van der Waals surface area contributed by atoms with Gasteiger partial charge in [-0.25, -0.2) is 4.98 Å². The molecular formula is C15H15NO2S. The molecule has 3 rings (SSSR count). The maximum Gasteiger partial charge on any atom is 0.310 e. The van der Waals surface area contributed by atoms with Crippen LogP contribution < -0.4 is 0 Å². The van der Waals surface area contributed by atoms with Crippen LogP contribution in [0.25, 0.3) is 0 Å². The normalized spacial score (nSPS) is 16.3. The van der Waals surface area contributed by atoms with Gasteiger partial charge in [0.05, 0.1) is 16.1 Å². The molecule has 3 nitrogen and oxygen atoms in total. The molecule has 4 heteroatoms. The molecule has 1 aromatic carbocycles. The number of aromatic nitrogens is 1. The van der Waals surface area contributed by atoms with Crippen molar-refractivity contribution in [3.63, 3.8) is 0 Å². The number of fused-ring (bicyclic) bond motifs is 1. The molecule has 1 N–H and O–H groups in total. The van der Waals surface area contributed by atoms with Crippen LogP contribution in [0.15, 0.2) is 29.6 Å². The summed E-state index contributed by atoms with van der Waals surface area (Å²) < 4.78 is 0. The van der Waals surface area contributed by atoms with Crippen LogP contribution >= 0.6 is 11.3 Å². The van der Waals surface area contributed by atoms with E-state index in [2.05, 4.69) is 4.98 Å². The molecule has 0 saturated heterocycles. The number of thiazole rings is 1. The molecule has 0 saturated carbocycles. The lowest BCUT2D eigenvalue weighted by molar-refractivity contribution is -0.148. The summed E-state index contributed by atoms with van der Waals surface area (Å²) in [6, 6.07) is 8.02. The van der Waals surface area contributed by atoms with Crippen molar-refractivity contribution in [1.29, 1.82) is 0 Å². The average Bonchev–Trinajstić information content (AvgIpc) is 2.93. The zero-order valence-electron chi connectivity index (χ0n) is 10.7. The van der Waals surface area contributed by atoms with Crippen LogP contribution in [0.3, 0.4) is 0 Å². The predicted octanol–water partition coefficient (Wildman–Crippen LogP) is 2.86. The molecule has 0 atom stereocenters. The lowest BCUT2D eigenvalue weighted by Gasteiger charge is -2.22. The van der Waals surface area contributed by atoms with E-state index in [1.807, 2.05) is 36.6 Å². The van der Waals surface area contributed by atoms with E-state index >= 15 is 0 Å². The quantitative estimate of drug-likeness (QED) is 0.935. The molecular weight excluding hydrogens is 258 g/mol. The largest absolute Gasteiger partial charge is 0.481 e. The van der Waals surface area contributed by atoms with Crippen molar-refractivity contribution in [3.05, 3.63) is 51.5 Å². The van der Waals surface area contributed by atoms with Crippen molar-refractivity contribution in [3.8, 4) is 0 Å². The Balaban J connectivity index is 1.93. The summed E-state index contributed by atoms with van der Waals surface area (Å²) in [5.74, 6) is -0.714. The monoisotopic (exact) mass is 273 g/mol. The number of carbonyl (C=O) groups is 1. The molecule has 1 aromatic heterocycles. The molecule has 2 aromatic rings.